The number of nitrogens with zero attached hydrogens (tertiary/aromatic N) is 8. The van der Waals surface area contributed by atoms with Gasteiger partial charge in [-0.05, 0) is 43.5 Å². The SMILES string of the molecule is FC(F)(F)c1cc(Nc2nc(Nc3ccn4ccnc4c3)nc(OC3CCC3)n2)cc(-n2cncn2)c1. The number of ether oxygens (including phenoxy) is 1. The Morgan fingerprint density at radius 2 is 1.76 bits per heavy atom. The smallest absolute Gasteiger partial charge is 0.416 e. The average Bonchev–Trinajstić information content (AvgIpc) is 3.53. The molecule has 1 aliphatic carbocycles. The third-order valence-corrected chi connectivity index (χ3v) is 5.78. The zero-order chi connectivity index (χ0) is 25.4. The molecule has 0 spiro atoms. The van der Waals surface area contributed by atoms with E-state index in [1.165, 1.54) is 23.4 Å². The van der Waals surface area contributed by atoms with Crippen LogP contribution in [0, 0.1) is 0 Å². The van der Waals surface area contributed by atoms with Gasteiger partial charge >= 0.3 is 12.2 Å². The van der Waals surface area contributed by atoms with Crippen molar-refractivity contribution in [1.29, 1.82) is 0 Å². The molecule has 0 atom stereocenters. The Hall–Kier alpha value is -4.75. The molecule has 1 aliphatic rings. The van der Waals surface area contributed by atoms with E-state index in [2.05, 4.69) is 40.7 Å². The van der Waals surface area contributed by atoms with Crippen LogP contribution >= 0.6 is 0 Å². The monoisotopic (exact) mass is 508 g/mol. The van der Waals surface area contributed by atoms with E-state index in [1.54, 1.807) is 12.3 Å². The lowest BCUT2D eigenvalue weighted by molar-refractivity contribution is -0.137. The van der Waals surface area contributed by atoms with Crippen molar-refractivity contribution >= 4 is 28.9 Å². The highest BCUT2D eigenvalue weighted by atomic mass is 19.4. The number of halogens is 3. The van der Waals surface area contributed by atoms with Crippen LogP contribution in [0.3, 0.4) is 0 Å². The summed E-state index contributed by atoms with van der Waals surface area (Å²) in [4.78, 5) is 21.1. The molecule has 1 saturated carbocycles. The lowest BCUT2D eigenvalue weighted by atomic mass is 9.96. The number of nitrogens with one attached hydrogen (secondary N) is 2. The Morgan fingerprint density at radius 3 is 2.46 bits per heavy atom. The van der Waals surface area contributed by atoms with Crippen LogP contribution in [-0.4, -0.2) is 45.2 Å². The first kappa shape index (κ1) is 22.7. The number of rotatable bonds is 7. The number of alkyl halides is 3. The number of benzene rings is 1. The minimum Gasteiger partial charge on any atom is -0.460 e. The van der Waals surface area contributed by atoms with E-state index in [0.29, 0.717) is 11.3 Å². The molecular weight excluding hydrogens is 489 g/mol. The van der Waals surface area contributed by atoms with Gasteiger partial charge in [-0.1, -0.05) is 0 Å². The molecule has 6 rings (SSSR count). The number of pyridine rings is 1. The maximum absolute atomic E-state index is 13.6. The van der Waals surface area contributed by atoms with Crippen molar-refractivity contribution in [1.82, 2.24) is 39.1 Å². The Balaban J connectivity index is 1.35. The summed E-state index contributed by atoms with van der Waals surface area (Å²) < 4.78 is 49.8. The Morgan fingerprint density at radius 1 is 0.946 bits per heavy atom. The van der Waals surface area contributed by atoms with Crippen molar-refractivity contribution in [3.8, 4) is 11.7 Å². The van der Waals surface area contributed by atoms with Gasteiger partial charge in [0.05, 0.1) is 11.3 Å². The van der Waals surface area contributed by atoms with Crippen LogP contribution in [0.2, 0.25) is 0 Å². The van der Waals surface area contributed by atoms with Crippen LogP contribution in [0.1, 0.15) is 24.8 Å². The summed E-state index contributed by atoms with van der Waals surface area (Å²) in [5.41, 5.74) is 0.785. The quantitative estimate of drug-likeness (QED) is 0.327. The van der Waals surface area contributed by atoms with Crippen molar-refractivity contribution in [2.24, 2.45) is 0 Å². The third-order valence-electron chi connectivity index (χ3n) is 5.78. The fraction of sp³-hybridized carbons (Fsp3) is 0.217. The maximum Gasteiger partial charge on any atom is 0.416 e. The predicted molar refractivity (Wildman–Crippen MR) is 126 cm³/mol. The summed E-state index contributed by atoms with van der Waals surface area (Å²) in [6, 6.07) is 7.12. The van der Waals surface area contributed by atoms with Crippen LogP contribution in [0.4, 0.5) is 36.4 Å². The molecule has 37 heavy (non-hydrogen) atoms. The number of imidazole rings is 1. The van der Waals surface area contributed by atoms with Gasteiger partial charge in [-0.25, -0.2) is 14.6 Å². The molecule has 2 N–H and O–H groups in total. The minimum absolute atomic E-state index is 0.0116. The zero-order valence-electron chi connectivity index (χ0n) is 19.1. The normalized spacial score (nSPS) is 13.9. The van der Waals surface area contributed by atoms with Crippen molar-refractivity contribution < 1.29 is 17.9 Å². The van der Waals surface area contributed by atoms with Gasteiger partial charge in [-0.3, -0.25) is 0 Å². The molecule has 1 fully saturated rings. The largest absolute Gasteiger partial charge is 0.460 e. The summed E-state index contributed by atoms with van der Waals surface area (Å²) in [6.45, 7) is 0. The van der Waals surface area contributed by atoms with E-state index in [9.17, 15) is 13.2 Å². The minimum atomic E-state index is -4.58. The summed E-state index contributed by atoms with van der Waals surface area (Å²) >= 11 is 0. The Bertz CT molecular complexity index is 1550. The van der Waals surface area contributed by atoms with Crippen molar-refractivity contribution in [3.05, 3.63) is 67.1 Å². The Kier molecular flexibility index (Phi) is 5.54. The van der Waals surface area contributed by atoms with Crippen LogP contribution in [-0.2, 0) is 6.18 Å². The zero-order valence-corrected chi connectivity index (χ0v) is 19.1. The average molecular weight is 508 g/mol. The van der Waals surface area contributed by atoms with E-state index in [0.717, 1.165) is 31.4 Å². The van der Waals surface area contributed by atoms with Crippen LogP contribution in [0.5, 0.6) is 6.01 Å². The van der Waals surface area contributed by atoms with E-state index in [-0.39, 0.29) is 35.4 Å². The second-order valence-corrected chi connectivity index (χ2v) is 8.40. The highest BCUT2D eigenvalue weighted by molar-refractivity contribution is 5.63. The van der Waals surface area contributed by atoms with Gasteiger partial charge in [-0.2, -0.15) is 33.2 Å². The molecule has 0 amide bonds. The highest BCUT2D eigenvalue weighted by Gasteiger charge is 2.31. The second-order valence-electron chi connectivity index (χ2n) is 8.40. The van der Waals surface area contributed by atoms with E-state index in [4.69, 9.17) is 4.74 Å². The summed E-state index contributed by atoms with van der Waals surface area (Å²) in [5.74, 6) is 0.170. The fourth-order valence-electron chi connectivity index (χ4n) is 3.73. The molecule has 1 aromatic carbocycles. The number of aromatic nitrogens is 8. The van der Waals surface area contributed by atoms with Crippen LogP contribution in [0.15, 0.2) is 61.6 Å². The van der Waals surface area contributed by atoms with Crippen LogP contribution in [0.25, 0.3) is 11.3 Å². The second kappa shape index (κ2) is 9.04. The first-order valence-corrected chi connectivity index (χ1v) is 11.4. The van der Waals surface area contributed by atoms with Gasteiger partial charge in [0.2, 0.25) is 11.9 Å². The molecule has 188 valence electrons. The van der Waals surface area contributed by atoms with Gasteiger partial charge < -0.3 is 19.8 Å². The molecule has 0 bridgehead atoms. The first-order valence-electron chi connectivity index (χ1n) is 11.4. The van der Waals surface area contributed by atoms with Gasteiger partial charge in [0.15, 0.2) is 0 Å². The van der Waals surface area contributed by atoms with E-state index < -0.39 is 11.7 Å². The molecule has 5 aromatic rings. The Labute approximate surface area is 207 Å². The standard InChI is InChI=1S/C23H19F3N10O/c24-23(25,26)14-8-16(10-17(9-14)36-13-27-12-29-36)31-21-32-20(33-22(34-21)37-18-2-1-3-18)30-15-4-6-35-7-5-28-19(35)11-15/h4-13,18H,1-3H2,(H2,30,31,32,33,34). The molecule has 11 nitrogen and oxygen atoms in total. The number of hydrogen-bond acceptors (Lipinski definition) is 9. The molecule has 14 heteroatoms. The highest BCUT2D eigenvalue weighted by Crippen LogP contribution is 2.34. The number of fused-ring (bicyclic) bond motifs is 1. The van der Waals surface area contributed by atoms with E-state index in [1.807, 2.05) is 22.9 Å². The van der Waals surface area contributed by atoms with Gasteiger partial charge in [-0.15, -0.1) is 0 Å². The molecule has 4 heterocycles. The summed E-state index contributed by atoms with van der Waals surface area (Å²) in [6.07, 6.45) is 6.07. The van der Waals surface area contributed by atoms with E-state index >= 15 is 0 Å². The summed E-state index contributed by atoms with van der Waals surface area (Å²) in [7, 11) is 0. The number of hydrogen-bond donors (Lipinski definition) is 2. The molecule has 0 saturated heterocycles. The molecular formula is C23H19F3N10O. The van der Waals surface area contributed by atoms with Crippen molar-refractivity contribution in [3.63, 3.8) is 0 Å². The van der Waals surface area contributed by atoms with Crippen molar-refractivity contribution in [2.75, 3.05) is 10.6 Å². The number of anilines is 4. The van der Waals surface area contributed by atoms with Gasteiger partial charge in [0.25, 0.3) is 0 Å². The third kappa shape index (κ3) is 4.98. The topological polar surface area (TPSA) is 120 Å². The lowest BCUT2D eigenvalue weighted by Gasteiger charge is -2.25. The lowest BCUT2D eigenvalue weighted by Crippen LogP contribution is -2.25. The fourth-order valence-corrected chi connectivity index (χ4v) is 3.73. The molecule has 0 aliphatic heterocycles. The van der Waals surface area contributed by atoms with Crippen LogP contribution < -0.4 is 15.4 Å². The van der Waals surface area contributed by atoms with Gasteiger partial charge in [0, 0.05) is 36.0 Å². The predicted octanol–water partition coefficient (Wildman–Crippen LogP) is 4.54. The van der Waals surface area contributed by atoms with Crippen molar-refractivity contribution in [2.45, 2.75) is 31.5 Å². The molecule has 0 unspecified atom stereocenters. The maximum atomic E-state index is 13.6. The summed E-state index contributed by atoms with van der Waals surface area (Å²) in [5, 5.41) is 9.88. The first-order chi connectivity index (χ1) is 17.9. The molecule has 0 radical (unpaired) electrons. The van der Waals surface area contributed by atoms with Gasteiger partial charge in [0.1, 0.15) is 24.4 Å². The molecule has 4 aromatic heterocycles.